The predicted molar refractivity (Wildman–Crippen MR) is 128 cm³/mol. The van der Waals surface area contributed by atoms with Gasteiger partial charge in [0.1, 0.15) is 11.5 Å². The molecule has 0 saturated heterocycles. The molecule has 2 aromatic rings. The molecule has 0 aliphatic heterocycles. The molecule has 0 N–H and O–H groups in total. The number of carbonyl (C=O) groups is 1. The Hall–Kier alpha value is -2.81. The van der Waals surface area contributed by atoms with E-state index < -0.39 is 0 Å². The molecule has 31 heavy (non-hydrogen) atoms. The van der Waals surface area contributed by atoms with E-state index in [0.717, 1.165) is 17.6 Å². The van der Waals surface area contributed by atoms with Crippen LogP contribution >= 0.6 is 0 Å². The Balaban J connectivity index is 1.80. The molecule has 0 saturated carbocycles. The van der Waals surface area contributed by atoms with E-state index in [0.29, 0.717) is 17.9 Å². The largest absolute Gasteiger partial charge is 0.496 e. The summed E-state index contributed by atoms with van der Waals surface area (Å²) in [7, 11) is 3.25. The minimum absolute atomic E-state index is 0.124. The number of rotatable bonds is 7. The SMILES string of the molecule is COc1cccc(OC)c1C(C)C(=O)C1=CC=C(Cc2c(C)c(C)c(C)c(C)c2C)C1. The summed E-state index contributed by atoms with van der Waals surface area (Å²) in [4.78, 5) is 13.4. The Labute approximate surface area is 186 Å². The molecule has 3 rings (SSSR count). The van der Waals surface area contributed by atoms with E-state index in [2.05, 4.69) is 40.7 Å². The number of ether oxygens (including phenoxy) is 2. The van der Waals surface area contributed by atoms with Crippen LogP contribution in [0.15, 0.2) is 41.5 Å². The van der Waals surface area contributed by atoms with Gasteiger partial charge in [0.15, 0.2) is 5.78 Å². The van der Waals surface area contributed by atoms with Crippen LogP contribution < -0.4 is 9.47 Å². The third-order valence-corrected chi connectivity index (χ3v) is 7.11. The first-order chi connectivity index (χ1) is 14.7. The molecular weight excluding hydrogens is 384 g/mol. The van der Waals surface area contributed by atoms with Crippen molar-refractivity contribution in [3.8, 4) is 11.5 Å². The minimum atomic E-state index is -0.336. The zero-order valence-electron chi connectivity index (χ0n) is 20.1. The number of hydrogen-bond acceptors (Lipinski definition) is 3. The van der Waals surface area contributed by atoms with Crippen molar-refractivity contribution in [3.05, 3.63) is 80.4 Å². The van der Waals surface area contributed by atoms with Gasteiger partial charge in [0.25, 0.3) is 0 Å². The predicted octanol–water partition coefficient (Wildman–Crippen LogP) is 6.42. The van der Waals surface area contributed by atoms with E-state index in [4.69, 9.17) is 9.47 Å². The first-order valence-corrected chi connectivity index (χ1v) is 10.9. The van der Waals surface area contributed by atoms with Crippen LogP contribution in [0, 0.1) is 34.6 Å². The van der Waals surface area contributed by atoms with Gasteiger partial charge in [-0.25, -0.2) is 0 Å². The molecule has 1 aliphatic carbocycles. The zero-order valence-corrected chi connectivity index (χ0v) is 20.1. The molecule has 1 atom stereocenters. The average Bonchev–Trinajstić information content (AvgIpc) is 3.26. The van der Waals surface area contributed by atoms with Crippen molar-refractivity contribution in [2.75, 3.05) is 14.2 Å². The summed E-state index contributed by atoms with van der Waals surface area (Å²) in [5.41, 5.74) is 11.2. The highest BCUT2D eigenvalue weighted by Gasteiger charge is 2.27. The summed E-state index contributed by atoms with van der Waals surface area (Å²) in [6, 6.07) is 5.63. The second-order valence-electron chi connectivity index (χ2n) is 8.64. The fraction of sp³-hybridized carbons (Fsp3) is 0.393. The van der Waals surface area contributed by atoms with Crippen molar-refractivity contribution in [1.82, 2.24) is 0 Å². The third-order valence-electron chi connectivity index (χ3n) is 7.11. The van der Waals surface area contributed by atoms with Gasteiger partial charge in [-0.3, -0.25) is 4.79 Å². The highest BCUT2D eigenvalue weighted by Crippen LogP contribution is 2.38. The molecule has 1 unspecified atom stereocenters. The molecule has 2 aromatic carbocycles. The molecule has 0 aromatic heterocycles. The summed E-state index contributed by atoms with van der Waals surface area (Å²) < 4.78 is 11.0. The molecule has 0 radical (unpaired) electrons. The van der Waals surface area contributed by atoms with Crippen LogP contribution in [0.25, 0.3) is 0 Å². The Morgan fingerprint density at radius 3 is 1.90 bits per heavy atom. The van der Waals surface area contributed by atoms with E-state index in [9.17, 15) is 4.79 Å². The fourth-order valence-corrected chi connectivity index (χ4v) is 4.66. The van der Waals surface area contributed by atoms with Gasteiger partial charge in [-0.1, -0.05) is 30.7 Å². The van der Waals surface area contributed by atoms with Crippen LogP contribution in [0.1, 0.15) is 58.2 Å². The van der Waals surface area contributed by atoms with Gasteiger partial charge in [0, 0.05) is 5.56 Å². The Morgan fingerprint density at radius 2 is 1.39 bits per heavy atom. The number of allylic oxidation sites excluding steroid dienone is 4. The van der Waals surface area contributed by atoms with Gasteiger partial charge in [0.2, 0.25) is 0 Å². The maximum Gasteiger partial charge on any atom is 0.166 e. The fourth-order valence-electron chi connectivity index (χ4n) is 4.66. The Morgan fingerprint density at radius 1 is 0.871 bits per heavy atom. The lowest BCUT2D eigenvalue weighted by atomic mass is 9.85. The third kappa shape index (κ3) is 4.19. The molecule has 0 amide bonds. The number of benzene rings is 2. The summed E-state index contributed by atoms with van der Waals surface area (Å²) in [6.07, 6.45) is 5.71. The van der Waals surface area contributed by atoms with Crippen LogP contribution in [-0.2, 0) is 11.2 Å². The number of ketones is 1. The topological polar surface area (TPSA) is 35.5 Å². The van der Waals surface area contributed by atoms with Crippen molar-refractivity contribution in [1.29, 1.82) is 0 Å². The average molecular weight is 419 g/mol. The van der Waals surface area contributed by atoms with Crippen LogP contribution in [0.5, 0.6) is 11.5 Å². The van der Waals surface area contributed by atoms with Gasteiger partial charge >= 0.3 is 0 Å². The first-order valence-electron chi connectivity index (χ1n) is 10.9. The molecule has 0 bridgehead atoms. The van der Waals surface area contributed by atoms with E-state index in [1.54, 1.807) is 14.2 Å². The van der Waals surface area contributed by atoms with Crippen LogP contribution in [0.2, 0.25) is 0 Å². The number of carbonyl (C=O) groups excluding carboxylic acids is 1. The lowest BCUT2D eigenvalue weighted by Crippen LogP contribution is -2.14. The van der Waals surface area contributed by atoms with Crippen molar-refractivity contribution >= 4 is 5.78 Å². The van der Waals surface area contributed by atoms with Crippen LogP contribution in [0.3, 0.4) is 0 Å². The highest BCUT2D eigenvalue weighted by atomic mass is 16.5. The summed E-state index contributed by atoms with van der Waals surface area (Å²) in [5.74, 6) is 1.16. The van der Waals surface area contributed by atoms with Crippen molar-refractivity contribution in [2.24, 2.45) is 0 Å². The molecule has 0 heterocycles. The second-order valence-corrected chi connectivity index (χ2v) is 8.64. The summed E-state index contributed by atoms with van der Waals surface area (Å²) >= 11 is 0. The Kier molecular flexibility index (Phi) is 6.74. The standard InChI is InChI=1S/C28H34O3/c1-16-17(2)19(4)24(20(5)18(16)3)15-22-12-13-23(14-22)28(29)21(6)27-25(30-7)10-9-11-26(27)31-8/h9-13,21H,14-15H2,1-8H3. The summed E-state index contributed by atoms with van der Waals surface area (Å²) in [5, 5.41) is 0. The van der Waals surface area contributed by atoms with Crippen molar-refractivity contribution in [3.63, 3.8) is 0 Å². The molecule has 1 aliphatic rings. The normalized spacial score (nSPS) is 14.2. The first kappa shape index (κ1) is 22.9. The van der Waals surface area contributed by atoms with Gasteiger partial charge in [0.05, 0.1) is 20.1 Å². The van der Waals surface area contributed by atoms with Gasteiger partial charge in [-0.2, -0.15) is 0 Å². The zero-order chi connectivity index (χ0) is 22.9. The summed E-state index contributed by atoms with van der Waals surface area (Å²) in [6.45, 7) is 13.0. The van der Waals surface area contributed by atoms with Crippen LogP contribution in [-0.4, -0.2) is 20.0 Å². The maximum absolute atomic E-state index is 13.4. The van der Waals surface area contributed by atoms with Gasteiger partial charge in [-0.15, -0.1) is 0 Å². The molecule has 0 spiro atoms. The highest BCUT2D eigenvalue weighted by molar-refractivity contribution is 6.02. The van der Waals surface area contributed by atoms with Crippen molar-refractivity contribution < 1.29 is 14.3 Å². The molecule has 3 heteroatoms. The van der Waals surface area contributed by atoms with E-state index in [1.807, 2.05) is 31.2 Å². The van der Waals surface area contributed by atoms with Gasteiger partial charge < -0.3 is 9.47 Å². The second kappa shape index (κ2) is 9.13. The van der Waals surface area contributed by atoms with E-state index in [-0.39, 0.29) is 11.7 Å². The number of hydrogen-bond donors (Lipinski definition) is 0. The quantitative estimate of drug-likeness (QED) is 0.521. The number of methoxy groups -OCH3 is 2. The monoisotopic (exact) mass is 418 g/mol. The maximum atomic E-state index is 13.4. The Bertz CT molecular complexity index is 1030. The smallest absolute Gasteiger partial charge is 0.166 e. The molecule has 164 valence electrons. The van der Waals surface area contributed by atoms with E-state index >= 15 is 0 Å². The molecule has 0 fully saturated rings. The van der Waals surface area contributed by atoms with Gasteiger partial charge in [-0.05, 0) is 98.5 Å². The van der Waals surface area contributed by atoms with Crippen LogP contribution in [0.4, 0.5) is 0 Å². The number of Topliss-reactive ketones (excluding diaryl/α,β-unsaturated/α-hetero) is 1. The van der Waals surface area contributed by atoms with E-state index in [1.165, 1.54) is 39.0 Å². The lowest BCUT2D eigenvalue weighted by molar-refractivity contribution is -0.116. The van der Waals surface area contributed by atoms with Crippen molar-refractivity contribution in [2.45, 2.75) is 60.3 Å². The molecule has 3 nitrogen and oxygen atoms in total. The lowest BCUT2D eigenvalue weighted by Gasteiger charge is -2.20. The minimum Gasteiger partial charge on any atom is -0.496 e. The molecular formula is C28H34O3.